The van der Waals surface area contributed by atoms with Gasteiger partial charge in [-0.3, -0.25) is 13.8 Å². The van der Waals surface area contributed by atoms with Crippen molar-refractivity contribution < 1.29 is 32.0 Å². The Kier molecular flexibility index (Phi) is 6.56. The van der Waals surface area contributed by atoms with Crippen LogP contribution < -0.4 is 5.73 Å². The highest BCUT2D eigenvalue weighted by atomic mass is 32.2. The summed E-state index contributed by atoms with van der Waals surface area (Å²) in [6.07, 6.45) is 0. The molecule has 8 nitrogen and oxygen atoms in total. The number of hydrogen-bond donors (Lipinski definition) is 2. The van der Waals surface area contributed by atoms with Crippen LogP contribution in [0.5, 0.6) is 0 Å². The molecule has 1 aromatic rings. The van der Waals surface area contributed by atoms with Gasteiger partial charge in [-0.1, -0.05) is 17.7 Å². The van der Waals surface area contributed by atoms with E-state index in [2.05, 4.69) is 0 Å². The Morgan fingerprint density at radius 2 is 1.65 bits per heavy atom. The number of rotatable bonds is 7. The molecule has 0 spiro atoms. The maximum Gasteiger partial charge on any atom is 0.324 e. The minimum Gasteiger partial charge on any atom is -0.480 e. The molecule has 0 aliphatic carbocycles. The molecule has 0 bridgehead atoms. The van der Waals surface area contributed by atoms with Crippen molar-refractivity contribution in [2.45, 2.75) is 50.7 Å². The van der Waals surface area contributed by atoms with Crippen molar-refractivity contribution in [1.29, 1.82) is 0 Å². The molecule has 1 aromatic carbocycles. The van der Waals surface area contributed by atoms with E-state index in [9.17, 15) is 23.1 Å². The Bertz CT molecular complexity index is 761. The lowest BCUT2D eigenvalue weighted by atomic mass is 9.87. The number of hydrogen-bond acceptors (Lipinski definition) is 7. The van der Waals surface area contributed by atoms with E-state index in [1.807, 2.05) is 0 Å². The monoisotopic (exact) mass is 387 g/mol. The first kappa shape index (κ1) is 22.1. The van der Waals surface area contributed by atoms with Gasteiger partial charge in [0.25, 0.3) is 10.1 Å². The summed E-state index contributed by atoms with van der Waals surface area (Å²) in [4.78, 5) is 23.7. The van der Waals surface area contributed by atoms with E-state index in [0.29, 0.717) is 0 Å². The number of esters is 1. The molecular weight excluding hydrogens is 362 g/mol. The highest BCUT2D eigenvalue weighted by molar-refractivity contribution is 7.86. The van der Waals surface area contributed by atoms with Crippen LogP contribution in [0.4, 0.5) is 0 Å². The molecule has 9 heteroatoms. The minimum absolute atomic E-state index is 0.111. The van der Waals surface area contributed by atoms with E-state index < -0.39 is 45.7 Å². The molecule has 0 heterocycles. The van der Waals surface area contributed by atoms with Crippen LogP contribution in [0, 0.1) is 12.8 Å². The van der Waals surface area contributed by atoms with E-state index >= 15 is 0 Å². The van der Waals surface area contributed by atoms with Gasteiger partial charge in [0, 0.05) is 0 Å². The lowest BCUT2D eigenvalue weighted by Gasteiger charge is -2.31. The molecule has 2 unspecified atom stereocenters. The predicted octanol–water partition coefficient (Wildman–Crippen LogP) is 1.46. The highest BCUT2D eigenvalue weighted by Crippen LogP contribution is 2.23. The molecular formula is C17H25NO7S. The third-order valence-corrected chi connectivity index (χ3v) is 4.87. The number of aryl methyl sites for hydroxylation is 1. The molecule has 2 atom stereocenters. The van der Waals surface area contributed by atoms with Crippen LogP contribution in [0.25, 0.3) is 0 Å². The molecule has 0 saturated carbocycles. The summed E-state index contributed by atoms with van der Waals surface area (Å²) in [6.45, 7) is 6.93. The fourth-order valence-electron chi connectivity index (χ4n) is 1.94. The third-order valence-electron chi connectivity index (χ3n) is 3.58. The molecule has 26 heavy (non-hydrogen) atoms. The second-order valence-electron chi connectivity index (χ2n) is 7.23. The van der Waals surface area contributed by atoms with Crippen LogP contribution in [0.3, 0.4) is 0 Å². The van der Waals surface area contributed by atoms with E-state index in [1.165, 1.54) is 12.1 Å². The zero-order chi connectivity index (χ0) is 20.3. The van der Waals surface area contributed by atoms with Gasteiger partial charge < -0.3 is 15.6 Å². The Balaban J connectivity index is 3.08. The van der Waals surface area contributed by atoms with E-state index in [4.69, 9.17) is 14.7 Å². The number of nitrogens with two attached hydrogens (primary N) is 1. The first-order valence-corrected chi connectivity index (χ1v) is 9.29. The van der Waals surface area contributed by atoms with Gasteiger partial charge >= 0.3 is 11.9 Å². The van der Waals surface area contributed by atoms with Gasteiger partial charge in [0.2, 0.25) is 0 Å². The number of benzene rings is 1. The first-order chi connectivity index (χ1) is 11.7. The summed E-state index contributed by atoms with van der Waals surface area (Å²) in [5.74, 6) is -3.96. The highest BCUT2D eigenvalue weighted by Gasteiger charge is 2.45. The third kappa shape index (κ3) is 5.79. The van der Waals surface area contributed by atoms with Crippen molar-refractivity contribution >= 4 is 22.1 Å². The van der Waals surface area contributed by atoms with E-state index in [0.717, 1.165) is 12.5 Å². The maximum absolute atomic E-state index is 12.4. The van der Waals surface area contributed by atoms with Crippen molar-refractivity contribution in [3.8, 4) is 0 Å². The Labute approximate surface area is 153 Å². The van der Waals surface area contributed by atoms with Crippen molar-refractivity contribution in [2.24, 2.45) is 11.7 Å². The van der Waals surface area contributed by atoms with Crippen LogP contribution in [0.2, 0.25) is 0 Å². The van der Waals surface area contributed by atoms with Crippen LogP contribution >= 0.6 is 0 Å². The summed E-state index contributed by atoms with van der Waals surface area (Å²) < 4.78 is 34.7. The zero-order valence-electron chi connectivity index (χ0n) is 15.5. The molecule has 0 saturated heterocycles. The molecule has 0 aliphatic rings. The molecule has 0 fully saturated rings. The smallest absolute Gasteiger partial charge is 0.324 e. The lowest BCUT2D eigenvalue weighted by molar-refractivity contribution is -0.168. The minimum atomic E-state index is -4.19. The van der Waals surface area contributed by atoms with E-state index in [-0.39, 0.29) is 4.90 Å². The van der Waals surface area contributed by atoms with E-state index in [1.54, 1.807) is 39.8 Å². The van der Waals surface area contributed by atoms with Crippen LogP contribution in [-0.4, -0.2) is 43.2 Å². The Morgan fingerprint density at radius 3 is 2.08 bits per heavy atom. The van der Waals surface area contributed by atoms with Crippen molar-refractivity contribution in [3.63, 3.8) is 0 Å². The number of carbonyl (C=O) groups is 2. The Hall–Kier alpha value is -1.97. The summed E-state index contributed by atoms with van der Waals surface area (Å²) in [6, 6.07) is 5.88. The standard InChI is InChI=1S/C17H25NO7S/c1-11-6-8-12(9-7-11)26(22,23)24-10-13(17(5,18)15(20)21)14(19)25-16(2,3)4/h6-9,13H,10,18H2,1-5H3,(H,20,21). The molecule has 0 aromatic heterocycles. The fourth-order valence-corrected chi connectivity index (χ4v) is 2.86. The molecule has 0 amide bonds. The van der Waals surface area contributed by atoms with Crippen molar-refractivity contribution in [1.82, 2.24) is 0 Å². The van der Waals surface area contributed by atoms with Crippen LogP contribution in [0.15, 0.2) is 29.2 Å². The van der Waals surface area contributed by atoms with Gasteiger partial charge in [-0.2, -0.15) is 8.42 Å². The normalized spacial score (nSPS) is 15.8. The van der Waals surface area contributed by atoms with Gasteiger partial charge in [-0.15, -0.1) is 0 Å². The van der Waals surface area contributed by atoms with Gasteiger partial charge in [0.05, 0.1) is 11.5 Å². The average Bonchev–Trinajstić information content (AvgIpc) is 2.45. The number of carboxylic acids is 1. The molecule has 3 N–H and O–H groups in total. The van der Waals surface area contributed by atoms with Crippen LogP contribution in [-0.2, 0) is 28.6 Å². The molecule has 0 aliphatic heterocycles. The molecule has 1 rings (SSSR count). The average molecular weight is 387 g/mol. The van der Waals surface area contributed by atoms with Gasteiger partial charge in [-0.25, -0.2) is 0 Å². The van der Waals surface area contributed by atoms with Crippen LogP contribution in [0.1, 0.15) is 33.3 Å². The number of ether oxygens (including phenoxy) is 1. The number of carbonyl (C=O) groups excluding carboxylic acids is 1. The largest absolute Gasteiger partial charge is 0.480 e. The predicted molar refractivity (Wildman–Crippen MR) is 93.9 cm³/mol. The number of carboxylic acid groups (broad SMARTS) is 1. The molecule has 146 valence electrons. The first-order valence-electron chi connectivity index (χ1n) is 7.88. The SMILES string of the molecule is Cc1ccc(S(=O)(=O)OCC(C(=O)OC(C)(C)C)C(C)(N)C(=O)O)cc1. The number of aliphatic carboxylic acids is 1. The Morgan fingerprint density at radius 1 is 1.15 bits per heavy atom. The second-order valence-corrected chi connectivity index (χ2v) is 8.84. The fraction of sp³-hybridized carbons (Fsp3) is 0.529. The summed E-state index contributed by atoms with van der Waals surface area (Å²) in [7, 11) is -4.19. The van der Waals surface area contributed by atoms with Gasteiger partial charge in [-0.05, 0) is 46.8 Å². The quantitative estimate of drug-likeness (QED) is 0.531. The zero-order valence-corrected chi connectivity index (χ0v) is 16.3. The maximum atomic E-state index is 12.4. The van der Waals surface area contributed by atoms with Gasteiger partial charge in [0.15, 0.2) is 0 Å². The van der Waals surface area contributed by atoms with Gasteiger partial charge in [0.1, 0.15) is 17.1 Å². The second kappa shape index (κ2) is 7.73. The van der Waals surface area contributed by atoms with Crippen molar-refractivity contribution in [3.05, 3.63) is 29.8 Å². The van der Waals surface area contributed by atoms with Crippen molar-refractivity contribution in [2.75, 3.05) is 6.61 Å². The summed E-state index contributed by atoms with van der Waals surface area (Å²) in [5.41, 5.74) is 3.61. The summed E-state index contributed by atoms with van der Waals surface area (Å²) in [5, 5.41) is 9.30. The summed E-state index contributed by atoms with van der Waals surface area (Å²) >= 11 is 0. The molecule has 0 radical (unpaired) electrons. The lowest BCUT2D eigenvalue weighted by Crippen LogP contribution is -2.57. The topological polar surface area (TPSA) is 133 Å².